The molecule has 0 unspecified atom stereocenters. The lowest BCUT2D eigenvalue weighted by atomic mass is 10.3. The molecule has 0 bridgehead atoms. The summed E-state index contributed by atoms with van der Waals surface area (Å²) in [6, 6.07) is 4.62. The number of nitrogens with one attached hydrogen (secondary N) is 2. The fourth-order valence-electron chi connectivity index (χ4n) is 1.78. The van der Waals surface area contributed by atoms with Crippen molar-refractivity contribution in [2.45, 2.75) is 13.0 Å². The number of hydrogen-bond donors (Lipinski definition) is 2. The van der Waals surface area contributed by atoms with Crippen LogP contribution in [0.4, 0.5) is 4.79 Å². The molecule has 2 rings (SSSR count). The monoisotopic (exact) mass is 239 g/mol. The second kappa shape index (κ2) is 5.32. The molecule has 0 aromatic carbocycles. The standard InChI is InChI=1S/C11H17N3OS/c1-9(10-3-2-8-16-10)12-4-6-14-7-5-13-11(14)15/h2-3,8-9,12H,4-7H2,1H3,(H,13,15)/t9-/m0/s1. The van der Waals surface area contributed by atoms with Gasteiger partial charge in [-0.3, -0.25) is 0 Å². The summed E-state index contributed by atoms with van der Waals surface area (Å²) in [6.45, 7) is 5.37. The van der Waals surface area contributed by atoms with Crippen LogP contribution in [-0.4, -0.2) is 37.1 Å². The average molecular weight is 239 g/mol. The number of thiophene rings is 1. The van der Waals surface area contributed by atoms with Gasteiger partial charge in [-0.05, 0) is 18.4 Å². The van der Waals surface area contributed by atoms with Gasteiger partial charge in [-0.25, -0.2) is 4.79 Å². The Kier molecular flexibility index (Phi) is 3.79. The zero-order chi connectivity index (χ0) is 11.4. The highest BCUT2D eigenvalue weighted by atomic mass is 32.1. The van der Waals surface area contributed by atoms with Crippen LogP contribution in [0.15, 0.2) is 17.5 Å². The van der Waals surface area contributed by atoms with Crippen molar-refractivity contribution in [3.8, 4) is 0 Å². The zero-order valence-electron chi connectivity index (χ0n) is 9.40. The van der Waals surface area contributed by atoms with Crippen LogP contribution in [0.1, 0.15) is 17.8 Å². The van der Waals surface area contributed by atoms with Crippen LogP contribution in [0.3, 0.4) is 0 Å². The van der Waals surface area contributed by atoms with Crippen LogP contribution < -0.4 is 10.6 Å². The summed E-state index contributed by atoms with van der Waals surface area (Å²) in [5.41, 5.74) is 0. The summed E-state index contributed by atoms with van der Waals surface area (Å²) in [4.78, 5) is 14.4. The molecular formula is C11H17N3OS. The van der Waals surface area contributed by atoms with Gasteiger partial charge in [-0.15, -0.1) is 11.3 Å². The number of amides is 2. The summed E-state index contributed by atoms with van der Waals surface area (Å²) in [5.74, 6) is 0. The van der Waals surface area contributed by atoms with Gasteiger partial charge < -0.3 is 15.5 Å². The highest BCUT2D eigenvalue weighted by Crippen LogP contribution is 2.17. The molecule has 1 aromatic rings. The molecule has 1 fully saturated rings. The maximum atomic E-state index is 11.3. The van der Waals surface area contributed by atoms with E-state index in [0.717, 1.165) is 26.2 Å². The summed E-state index contributed by atoms with van der Waals surface area (Å²) in [5, 5.41) is 8.30. The molecule has 0 radical (unpaired) electrons. The molecule has 0 aliphatic carbocycles. The van der Waals surface area contributed by atoms with E-state index in [4.69, 9.17) is 0 Å². The Hall–Kier alpha value is -1.07. The van der Waals surface area contributed by atoms with Crippen LogP contribution in [0, 0.1) is 0 Å². The Bertz CT molecular complexity index is 339. The van der Waals surface area contributed by atoms with Crippen LogP contribution >= 0.6 is 11.3 Å². The van der Waals surface area contributed by atoms with Crippen molar-refractivity contribution in [3.05, 3.63) is 22.4 Å². The van der Waals surface area contributed by atoms with Crippen molar-refractivity contribution in [2.75, 3.05) is 26.2 Å². The molecule has 2 N–H and O–H groups in total. The van der Waals surface area contributed by atoms with Crippen molar-refractivity contribution >= 4 is 17.4 Å². The van der Waals surface area contributed by atoms with E-state index in [1.54, 1.807) is 11.3 Å². The minimum absolute atomic E-state index is 0.0607. The Morgan fingerprint density at radius 3 is 3.19 bits per heavy atom. The maximum Gasteiger partial charge on any atom is 0.317 e. The number of urea groups is 1. The van der Waals surface area contributed by atoms with E-state index in [2.05, 4.69) is 35.1 Å². The summed E-state index contributed by atoms with van der Waals surface area (Å²) >= 11 is 1.76. The molecule has 2 amide bonds. The number of carbonyl (C=O) groups excluding carboxylic acids is 1. The van der Waals surface area contributed by atoms with Crippen LogP contribution in [0.5, 0.6) is 0 Å². The SMILES string of the molecule is C[C@H](NCCN1CCNC1=O)c1cccs1. The molecule has 1 atom stereocenters. The Morgan fingerprint density at radius 1 is 1.69 bits per heavy atom. The highest BCUT2D eigenvalue weighted by molar-refractivity contribution is 7.10. The minimum atomic E-state index is 0.0607. The van der Waals surface area contributed by atoms with Gasteiger partial charge in [-0.2, -0.15) is 0 Å². The molecule has 4 nitrogen and oxygen atoms in total. The lowest BCUT2D eigenvalue weighted by Gasteiger charge is -2.17. The lowest BCUT2D eigenvalue weighted by Crippen LogP contribution is -2.35. The van der Waals surface area contributed by atoms with Gasteiger partial charge in [0.2, 0.25) is 0 Å². The lowest BCUT2D eigenvalue weighted by molar-refractivity contribution is 0.217. The third-order valence-corrected chi connectivity index (χ3v) is 3.80. The fourth-order valence-corrected chi connectivity index (χ4v) is 2.54. The summed E-state index contributed by atoms with van der Waals surface area (Å²) < 4.78 is 0. The van der Waals surface area contributed by atoms with E-state index in [9.17, 15) is 4.79 Å². The van der Waals surface area contributed by atoms with Gasteiger partial charge in [0, 0.05) is 37.1 Å². The Labute approximate surface area is 99.6 Å². The molecule has 1 saturated heterocycles. The molecule has 88 valence electrons. The largest absolute Gasteiger partial charge is 0.336 e. The quantitative estimate of drug-likeness (QED) is 0.816. The third kappa shape index (κ3) is 2.74. The van der Waals surface area contributed by atoms with Crippen molar-refractivity contribution in [3.63, 3.8) is 0 Å². The molecule has 1 aliphatic heterocycles. The van der Waals surface area contributed by atoms with Crippen molar-refractivity contribution in [1.82, 2.24) is 15.5 Å². The van der Waals surface area contributed by atoms with E-state index in [1.165, 1.54) is 4.88 Å². The molecule has 16 heavy (non-hydrogen) atoms. The number of carbonyl (C=O) groups is 1. The Morgan fingerprint density at radius 2 is 2.56 bits per heavy atom. The minimum Gasteiger partial charge on any atom is -0.336 e. The second-order valence-corrected chi connectivity index (χ2v) is 4.89. The molecule has 2 heterocycles. The molecule has 1 aliphatic rings. The van der Waals surface area contributed by atoms with E-state index < -0.39 is 0 Å². The van der Waals surface area contributed by atoms with Crippen molar-refractivity contribution in [2.24, 2.45) is 0 Å². The van der Waals surface area contributed by atoms with E-state index in [0.29, 0.717) is 6.04 Å². The molecule has 5 heteroatoms. The van der Waals surface area contributed by atoms with Gasteiger partial charge >= 0.3 is 6.03 Å². The smallest absolute Gasteiger partial charge is 0.317 e. The Balaban J connectivity index is 1.70. The first kappa shape index (κ1) is 11.4. The highest BCUT2D eigenvalue weighted by Gasteiger charge is 2.18. The van der Waals surface area contributed by atoms with E-state index >= 15 is 0 Å². The maximum absolute atomic E-state index is 11.3. The second-order valence-electron chi connectivity index (χ2n) is 3.91. The predicted octanol–water partition coefficient (Wildman–Crippen LogP) is 1.42. The van der Waals surface area contributed by atoms with E-state index in [-0.39, 0.29) is 6.03 Å². The van der Waals surface area contributed by atoms with Crippen LogP contribution in [0.2, 0.25) is 0 Å². The zero-order valence-corrected chi connectivity index (χ0v) is 10.2. The van der Waals surface area contributed by atoms with Crippen molar-refractivity contribution < 1.29 is 4.79 Å². The first-order valence-electron chi connectivity index (χ1n) is 5.57. The third-order valence-electron chi connectivity index (χ3n) is 2.75. The topological polar surface area (TPSA) is 44.4 Å². The first-order chi connectivity index (χ1) is 7.77. The molecule has 0 spiro atoms. The normalized spacial score (nSPS) is 17.6. The van der Waals surface area contributed by atoms with E-state index in [1.807, 2.05) is 4.90 Å². The number of hydrogen-bond acceptors (Lipinski definition) is 3. The fraction of sp³-hybridized carbons (Fsp3) is 0.545. The van der Waals surface area contributed by atoms with Gasteiger partial charge in [0.15, 0.2) is 0 Å². The molecule has 1 aromatic heterocycles. The summed E-state index contributed by atoms with van der Waals surface area (Å²) in [7, 11) is 0. The molecular weight excluding hydrogens is 222 g/mol. The van der Waals surface area contributed by atoms with Gasteiger partial charge in [0.1, 0.15) is 0 Å². The van der Waals surface area contributed by atoms with Gasteiger partial charge in [0.25, 0.3) is 0 Å². The number of rotatable bonds is 5. The summed E-state index contributed by atoms with van der Waals surface area (Å²) in [6.07, 6.45) is 0. The van der Waals surface area contributed by atoms with Gasteiger partial charge in [-0.1, -0.05) is 6.07 Å². The first-order valence-corrected chi connectivity index (χ1v) is 6.45. The van der Waals surface area contributed by atoms with Crippen LogP contribution in [-0.2, 0) is 0 Å². The predicted molar refractivity (Wildman–Crippen MR) is 65.7 cm³/mol. The van der Waals surface area contributed by atoms with Crippen molar-refractivity contribution in [1.29, 1.82) is 0 Å². The van der Waals surface area contributed by atoms with Gasteiger partial charge in [0.05, 0.1) is 0 Å². The molecule has 0 saturated carbocycles. The number of nitrogens with zero attached hydrogens (tertiary/aromatic N) is 1. The average Bonchev–Trinajstić information content (AvgIpc) is 2.90. The van der Waals surface area contributed by atoms with Crippen LogP contribution in [0.25, 0.3) is 0 Å².